The zero-order valence-corrected chi connectivity index (χ0v) is 15.6. The van der Waals surface area contributed by atoms with Crippen molar-refractivity contribution in [2.45, 2.75) is 32.0 Å². The summed E-state index contributed by atoms with van der Waals surface area (Å²) < 4.78 is 38.6. The van der Waals surface area contributed by atoms with Crippen LogP contribution in [-0.4, -0.2) is 65.9 Å². The van der Waals surface area contributed by atoms with E-state index in [0.29, 0.717) is 32.2 Å². The van der Waals surface area contributed by atoms with Gasteiger partial charge in [-0.15, -0.1) is 0 Å². The van der Waals surface area contributed by atoms with Crippen molar-refractivity contribution in [3.63, 3.8) is 0 Å². The van der Waals surface area contributed by atoms with Crippen LogP contribution in [0.5, 0.6) is 0 Å². The molecule has 0 radical (unpaired) electrons. The standard InChI is InChI=1S/C18H23F3N4O3/c1-13(17(26)24-6-2-3-7-24)22-8-10-23(11-9-22)15-5-4-14(18(19,20)21)12-16(15)25(27)28/h4-5,12-13H,2-3,6-11H2,1H3/t13-/m1/s1. The molecule has 1 amide bonds. The van der Waals surface area contributed by atoms with Gasteiger partial charge in [0.1, 0.15) is 5.69 Å². The van der Waals surface area contributed by atoms with Crippen molar-refractivity contribution >= 4 is 17.3 Å². The lowest BCUT2D eigenvalue weighted by molar-refractivity contribution is -0.384. The van der Waals surface area contributed by atoms with Crippen LogP contribution in [0.15, 0.2) is 18.2 Å². The van der Waals surface area contributed by atoms with Gasteiger partial charge in [-0.05, 0) is 31.9 Å². The Morgan fingerprint density at radius 1 is 1.11 bits per heavy atom. The minimum Gasteiger partial charge on any atom is -0.363 e. The summed E-state index contributed by atoms with van der Waals surface area (Å²) in [5.74, 6) is 0.0893. The monoisotopic (exact) mass is 400 g/mol. The Morgan fingerprint density at radius 2 is 1.71 bits per heavy atom. The van der Waals surface area contributed by atoms with Crippen LogP contribution in [0.25, 0.3) is 0 Å². The van der Waals surface area contributed by atoms with Crippen LogP contribution in [0.3, 0.4) is 0 Å². The Hall–Kier alpha value is -2.36. The van der Waals surface area contributed by atoms with Gasteiger partial charge in [-0.3, -0.25) is 19.8 Å². The number of carbonyl (C=O) groups excluding carboxylic acids is 1. The van der Waals surface area contributed by atoms with Crippen molar-refractivity contribution < 1.29 is 22.9 Å². The fourth-order valence-corrected chi connectivity index (χ4v) is 3.82. The zero-order chi connectivity index (χ0) is 20.5. The Kier molecular flexibility index (Phi) is 5.78. The van der Waals surface area contributed by atoms with E-state index in [1.807, 2.05) is 16.7 Å². The average Bonchev–Trinajstić information content (AvgIpc) is 3.20. The molecule has 0 saturated carbocycles. The van der Waals surface area contributed by atoms with Gasteiger partial charge in [0.25, 0.3) is 5.69 Å². The molecular weight excluding hydrogens is 377 g/mol. The van der Waals surface area contributed by atoms with Gasteiger partial charge in [0, 0.05) is 45.3 Å². The Bertz CT molecular complexity index is 742. The van der Waals surface area contributed by atoms with Gasteiger partial charge < -0.3 is 9.80 Å². The smallest absolute Gasteiger partial charge is 0.363 e. The van der Waals surface area contributed by atoms with Crippen LogP contribution >= 0.6 is 0 Å². The fourth-order valence-electron chi connectivity index (χ4n) is 3.82. The number of likely N-dealkylation sites (tertiary alicyclic amines) is 1. The maximum Gasteiger partial charge on any atom is 0.416 e. The first-order valence-electron chi connectivity index (χ1n) is 9.32. The van der Waals surface area contributed by atoms with Crippen molar-refractivity contribution in [3.05, 3.63) is 33.9 Å². The average molecular weight is 400 g/mol. The van der Waals surface area contributed by atoms with Gasteiger partial charge in [-0.25, -0.2) is 0 Å². The van der Waals surface area contributed by atoms with E-state index in [9.17, 15) is 28.1 Å². The number of hydrogen-bond acceptors (Lipinski definition) is 5. The van der Waals surface area contributed by atoms with Crippen molar-refractivity contribution in [2.75, 3.05) is 44.2 Å². The molecule has 0 aliphatic carbocycles. The molecule has 0 unspecified atom stereocenters. The molecule has 3 rings (SSSR count). The third kappa shape index (κ3) is 4.21. The minimum atomic E-state index is -4.63. The van der Waals surface area contributed by atoms with E-state index >= 15 is 0 Å². The summed E-state index contributed by atoms with van der Waals surface area (Å²) in [5.41, 5.74) is -1.41. The molecule has 2 aliphatic rings. The molecule has 2 heterocycles. The second-order valence-corrected chi connectivity index (χ2v) is 7.19. The first-order chi connectivity index (χ1) is 13.2. The highest BCUT2D eigenvalue weighted by atomic mass is 19.4. The number of rotatable bonds is 4. The highest BCUT2D eigenvalue weighted by molar-refractivity contribution is 5.81. The molecular formula is C18H23F3N4O3. The van der Waals surface area contributed by atoms with E-state index in [2.05, 4.69) is 0 Å². The van der Waals surface area contributed by atoms with Crippen LogP contribution < -0.4 is 4.90 Å². The number of piperazine rings is 1. The Balaban J connectivity index is 1.69. The second kappa shape index (κ2) is 7.94. The van der Waals surface area contributed by atoms with Crippen LogP contribution in [-0.2, 0) is 11.0 Å². The molecule has 28 heavy (non-hydrogen) atoms. The number of carbonyl (C=O) groups is 1. The third-order valence-corrected chi connectivity index (χ3v) is 5.48. The minimum absolute atomic E-state index is 0.0893. The number of halogens is 3. The van der Waals surface area contributed by atoms with E-state index in [-0.39, 0.29) is 17.6 Å². The van der Waals surface area contributed by atoms with Gasteiger partial charge in [0.2, 0.25) is 5.91 Å². The molecule has 0 N–H and O–H groups in total. The predicted molar refractivity (Wildman–Crippen MR) is 97.2 cm³/mol. The molecule has 1 aromatic rings. The van der Waals surface area contributed by atoms with Gasteiger partial charge in [-0.2, -0.15) is 13.2 Å². The maximum atomic E-state index is 12.9. The lowest BCUT2D eigenvalue weighted by Gasteiger charge is -2.39. The van der Waals surface area contributed by atoms with Crippen LogP contribution in [0.2, 0.25) is 0 Å². The molecule has 2 saturated heterocycles. The lowest BCUT2D eigenvalue weighted by Crippen LogP contribution is -2.54. The summed E-state index contributed by atoms with van der Waals surface area (Å²) in [7, 11) is 0. The van der Waals surface area contributed by atoms with E-state index in [4.69, 9.17) is 0 Å². The topological polar surface area (TPSA) is 69.9 Å². The Labute approximate surface area is 160 Å². The summed E-state index contributed by atoms with van der Waals surface area (Å²) in [4.78, 5) is 28.7. The third-order valence-electron chi connectivity index (χ3n) is 5.48. The number of nitrogens with zero attached hydrogens (tertiary/aromatic N) is 4. The van der Waals surface area contributed by atoms with E-state index in [1.165, 1.54) is 0 Å². The largest absolute Gasteiger partial charge is 0.416 e. The number of anilines is 1. The van der Waals surface area contributed by atoms with Gasteiger partial charge in [0.05, 0.1) is 16.5 Å². The number of amides is 1. The van der Waals surface area contributed by atoms with Gasteiger partial charge in [-0.1, -0.05) is 0 Å². The molecule has 7 nitrogen and oxygen atoms in total. The molecule has 154 valence electrons. The van der Waals surface area contributed by atoms with Crippen LogP contribution in [0.1, 0.15) is 25.3 Å². The second-order valence-electron chi connectivity index (χ2n) is 7.19. The van der Waals surface area contributed by atoms with E-state index in [0.717, 1.165) is 38.1 Å². The number of nitro benzene ring substituents is 1. The molecule has 10 heteroatoms. The molecule has 1 atom stereocenters. The normalized spacial score (nSPS) is 19.7. The van der Waals surface area contributed by atoms with Gasteiger partial charge >= 0.3 is 6.18 Å². The SMILES string of the molecule is C[C@H](C(=O)N1CCCC1)N1CCN(c2ccc(C(F)(F)F)cc2[N+](=O)[O-])CC1. The first-order valence-corrected chi connectivity index (χ1v) is 9.32. The summed E-state index contributed by atoms with van der Waals surface area (Å²) >= 11 is 0. The maximum absolute atomic E-state index is 12.9. The quantitative estimate of drug-likeness (QED) is 0.574. The van der Waals surface area contributed by atoms with Crippen molar-refractivity contribution in [3.8, 4) is 0 Å². The fraction of sp³-hybridized carbons (Fsp3) is 0.611. The number of benzene rings is 1. The predicted octanol–water partition coefficient (Wildman–Crippen LogP) is 2.75. The summed E-state index contributed by atoms with van der Waals surface area (Å²) in [6.45, 7) is 5.25. The summed E-state index contributed by atoms with van der Waals surface area (Å²) in [6, 6.07) is 2.34. The molecule has 2 aliphatic heterocycles. The number of nitro groups is 1. The van der Waals surface area contributed by atoms with Gasteiger partial charge in [0.15, 0.2) is 0 Å². The van der Waals surface area contributed by atoms with Crippen LogP contribution in [0.4, 0.5) is 24.5 Å². The first kappa shape index (κ1) is 20.4. The van der Waals surface area contributed by atoms with Crippen molar-refractivity contribution in [1.82, 2.24) is 9.80 Å². The molecule has 0 spiro atoms. The highest BCUT2D eigenvalue weighted by Crippen LogP contribution is 2.36. The van der Waals surface area contributed by atoms with Crippen molar-refractivity contribution in [1.29, 1.82) is 0 Å². The number of alkyl halides is 3. The summed E-state index contributed by atoms with van der Waals surface area (Å²) in [6.07, 6.45) is -2.60. The molecule has 2 fully saturated rings. The Morgan fingerprint density at radius 3 is 2.25 bits per heavy atom. The van der Waals surface area contributed by atoms with Crippen LogP contribution in [0, 0.1) is 10.1 Å². The lowest BCUT2D eigenvalue weighted by atomic mass is 10.1. The van der Waals surface area contributed by atoms with Crippen molar-refractivity contribution in [2.24, 2.45) is 0 Å². The zero-order valence-electron chi connectivity index (χ0n) is 15.6. The van der Waals surface area contributed by atoms with E-state index < -0.39 is 22.4 Å². The number of hydrogen-bond donors (Lipinski definition) is 0. The molecule has 1 aromatic carbocycles. The highest BCUT2D eigenvalue weighted by Gasteiger charge is 2.35. The summed E-state index contributed by atoms with van der Waals surface area (Å²) in [5, 5.41) is 11.3. The molecule has 0 bridgehead atoms. The molecule has 0 aromatic heterocycles. The van der Waals surface area contributed by atoms with E-state index in [1.54, 1.807) is 4.90 Å².